The van der Waals surface area contributed by atoms with Gasteiger partial charge in [-0.15, -0.1) is 0 Å². The summed E-state index contributed by atoms with van der Waals surface area (Å²) in [6, 6.07) is 7.88. The quantitative estimate of drug-likeness (QED) is 0.272. The van der Waals surface area contributed by atoms with E-state index < -0.39 is 58.5 Å². The summed E-state index contributed by atoms with van der Waals surface area (Å²) in [6.45, 7) is -1.07. The lowest BCUT2D eigenvalue weighted by Gasteiger charge is -2.18. The summed E-state index contributed by atoms with van der Waals surface area (Å²) in [4.78, 5) is 43.4. The van der Waals surface area contributed by atoms with Crippen molar-refractivity contribution in [1.29, 1.82) is 0 Å². The predicted octanol–water partition coefficient (Wildman–Crippen LogP) is -0.666. The lowest BCUT2D eigenvalue weighted by atomic mass is 10.1. The first-order valence-electron chi connectivity index (χ1n) is 9.64. The standard InChI is InChI=1S/C17H19N3O12P2/c21-13-5-6-19(17(24)20(13)7-10-9-3-1-2-4-11(9)31-18-10)16-15(23)14(22)12(30-16)8-29-34(27,28)32-33(25)26/h1-6,12,14-16,22-23,33H,7-8H2,(H,25,26)(H,27,28)/t12-,14?,15+,16-/m1/s1. The number of aliphatic hydroxyl groups is 2. The van der Waals surface area contributed by atoms with Crippen LogP contribution in [0.4, 0.5) is 0 Å². The van der Waals surface area contributed by atoms with E-state index >= 15 is 0 Å². The summed E-state index contributed by atoms with van der Waals surface area (Å²) in [5, 5.41) is 25.1. The van der Waals surface area contributed by atoms with Crippen LogP contribution in [0, 0.1) is 0 Å². The van der Waals surface area contributed by atoms with Crippen LogP contribution in [-0.2, 0) is 29.2 Å². The van der Waals surface area contributed by atoms with Gasteiger partial charge in [0, 0.05) is 17.6 Å². The van der Waals surface area contributed by atoms with Crippen LogP contribution in [0.3, 0.4) is 0 Å². The van der Waals surface area contributed by atoms with E-state index in [9.17, 15) is 33.8 Å². The molecule has 1 aliphatic heterocycles. The Bertz CT molecular complexity index is 1380. The zero-order chi connectivity index (χ0) is 24.6. The number of para-hydroxylation sites is 1. The monoisotopic (exact) mass is 519 g/mol. The molecule has 3 heterocycles. The molecule has 6 atom stereocenters. The molecule has 1 saturated heterocycles. The van der Waals surface area contributed by atoms with Crippen molar-refractivity contribution in [2.45, 2.75) is 31.1 Å². The van der Waals surface area contributed by atoms with Gasteiger partial charge in [0.25, 0.3) is 5.56 Å². The largest absolute Gasteiger partial charge is 0.479 e. The van der Waals surface area contributed by atoms with Gasteiger partial charge in [-0.05, 0) is 12.1 Å². The SMILES string of the molecule is O=c1ccn([C@@H]2O[C@H](COP(=O)(O)O[PH](=O)O)C(O)[C@@H]2O)c(=O)n1Cc1noc2ccccc12. The Morgan fingerprint density at radius 3 is 2.65 bits per heavy atom. The van der Waals surface area contributed by atoms with E-state index in [1.54, 1.807) is 24.3 Å². The lowest BCUT2D eigenvalue weighted by Crippen LogP contribution is -2.43. The fraction of sp³-hybridized carbons (Fsp3) is 0.353. The summed E-state index contributed by atoms with van der Waals surface area (Å²) < 4.78 is 42.9. The van der Waals surface area contributed by atoms with Crippen LogP contribution in [0.15, 0.2) is 50.6 Å². The molecule has 0 radical (unpaired) electrons. The maximum absolute atomic E-state index is 13.0. The van der Waals surface area contributed by atoms with Crippen LogP contribution in [-0.4, -0.2) is 59.2 Å². The van der Waals surface area contributed by atoms with Crippen molar-refractivity contribution in [2.75, 3.05) is 6.61 Å². The Labute approximate surface area is 189 Å². The number of aromatic nitrogens is 3. The number of nitrogens with zero attached hydrogens (tertiary/aromatic N) is 3. The van der Waals surface area contributed by atoms with Crippen LogP contribution in [0.1, 0.15) is 11.9 Å². The van der Waals surface area contributed by atoms with Crippen molar-refractivity contribution in [3.8, 4) is 0 Å². The molecular formula is C17H19N3O12P2. The molecule has 3 unspecified atom stereocenters. The molecule has 1 aromatic carbocycles. The Kier molecular flexibility index (Phi) is 7.01. The molecule has 0 spiro atoms. The first kappa shape index (κ1) is 24.7. The zero-order valence-corrected chi connectivity index (χ0v) is 18.9. The highest BCUT2D eigenvalue weighted by atomic mass is 31.2. The highest BCUT2D eigenvalue weighted by Gasteiger charge is 2.45. The molecule has 0 amide bonds. The van der Waals surface area contributed by atoms with Gasteiger partial charge in [0.05, 0.1) is 13.2 Å². The van der Waals surface area contributed by atoms with Gasteiger partial charge in [-0.25, -0.2) is 13.7 Å². The third-order valence-corrected chi connectivity index (χ3v) is 7.09. The van der Waals surface area contributed by atoms with Crippen molar-refractivity contribution in [1.82, 2.24) is 14.3 Å². The van der Waals surface area contributed by atoms with E-state index in [0.717, 1.165) is 21.4 Å². The molecule has 1 aliphatic rings. The Balaban J connectivity index is 1.57. The van der Waals surface area contributed by atoms with Gasteiger partial charge in [-0.3, -0.25) is 23.0 Å². The number of phosphoric acid groups is 1. The molecule has 4 rings (SSSR count). The molecule has 15 nitrogen and oxygen atoms in total. The van der Waals surface area contributed by atoms with Crippen LogP contribution in [0.5, 0.6) is 0 Å². The van der Waals surface area contributed by atoms with Crippen LogP contribution in [0.25, 0.3) is 11.0 Å². The Hall–Kier alpha value is -2.45. The molecule has 184 valence electrons. The van der Waals surface area contributed by atoms with E-state index in [0.29, 0.717) is 16.7 Å². The number of aliphatic hydroxyl groups excluding tert-OH is 2. The summed E-state index contributed by atoms with van der Waals surface area (Å²) in [7, 11) is -8.73. The van der Waals surface area contributed by atoms with Crippen molar-refractivity contribution in [3.63, 3.8) is 0 Å². The first-order chi connectivity index (χ1) is 16.1. The Morgan fingerprint density at radius 2 is 1.91 bits per heavy atom. The topological polar surface area (TPSA) is 213 Å². The number of phosphoric ester groups is 1. The zero-order valence-electron chi connectivity index (χ0n) is 17.0. The third-order valence-electron chi connectivity index (χ3n) is 5.06. The second-order valence-electron chi connectivity index (χ2n) is 7.22. The van der Waals surface area contributed by atoms with E-state index in [1.807, 2.05) is 0 Å². The minimum absolute atomic E-state index is 0.251. The summed E-state index contributed by atoms with van der Waals surface area (Å²) in [5.41, 5.74) is -0.793. The Morgan fingerprint density at radius 1 is 1.18 bits per heavy atom. The maximum atomic E-state index is 13.0. The highest BCUT2D eigenvalue weighted by molar-refractivity contribution is 7.55. The fourth-order valence-corrected chi connectivity index (χ4v) is 4.80. The van der Waals surface area contributed by atoms with E-state index in [1.165, 1.54) is 0 Å². The molecular weight excluding hydrogens is 500 g/mol. The fourth-order valence-electron chi connectivity index (χ4n) is 3.46. The van der Waals surface area contributed by atoms with Gasteiger partial charge in [-0.1, -0.05) is 17.3 Å². The second-order valence-corrected chi connectivity index (χ2v) is 9.68. The van der Waals surface area contributed by atoms with E-state index in [4.69, 9.17) is 14.2 Å². The second kappa shape index (κ2) is 9.66. The molecule has 2 aromatic heterocycles. The third kappa shape index (κ3) is 4.98. The van der Waals surface area contributed by atoms with Crippen molar-refractivity contribution >= 4 is 27.0 Å². The van der Waals surface area contributed by atoms with Gasteiger partial charge in [-0.2, -0.15) is 0 Å². The summed E-state index contributed by atoms with van der Waals surface area (Å²) in [5.74, 6) is 0. The molecule has 0 bridgehead atoms. The van der Waals surface area contributed by atoms with Crippen molar-refractivity contribution < 1.29 is 47.2 Å². The molecule has 17 heteroatoms. The normalized spacial score (nSPS) is 25.4. The molecule has 1 fully saturated rings. The molecule has 34 heavy (non-hydrogen) atoms. The number of benzene rings is 1. The maximum Gasteiger partial charge on any atom is 0.479 e. The van der Waals surface area contributed by atoms with Gasteiger partial charge in [0.1, 0.15) is 24.0 Å². The van der Waals surface area contributed by atoms with Gasteiger partial charge in [0.15, 0.2) is 11.8 Å². The van der Waals surface area contributed by atoms with Gasteiger partial charge in [0.2, 0.25) is 0 Å². The van der Waals surface area contributed by atoms with E-state index in [-0.39, 0.29) is 6.54 Å². The molecule has 0 saturated carbocycles. The smallest absolute Gasteiger partial charge is 0.387 e. The minimum Gasteiger partial charge on any atom is -0.387 e. The van der Waals surface area contributed by atoms with Crippen LogP contribution < -0.4 is 11.2 Å². The van der Waals surface area contributed by atoms with Gasteiger partial charge >= 0.3 is 21.8 Å². The molecule has 0 aliphatic carbocycles. The van der Waals surface area contributed by atoms with Crippen molar-refractivity contribution in [2.24, 2.45) is 0 Å². The minimum atomic E-state index is -4.94. The summed E-state index contributed by atoms with van der Waals surface area (Å²) >= 11 is 0. The average molecular weight is 519 g/mol. The van der Waals surface area contributed by atoms with Crippen molar-refractivity contribution in [3.05, 3.63) is 63.1 Å². The predicted molar refractivity (Wildman–Crippen MR) is 112 cm³/mol. The average Bonchev–Trinajstić information content (AvgIpc) is 3.30. The number of fused-ring (bicyclic) bond motifs is 1. The lowest BCUT2D eigenvalue weighted by molar-refractivity contribution is -0.0546. The number of hydrogen-bond donors (Lipinski definition) is 4. The first-order valence-corrected chi connectivity index (χ1v) is 12.4. The molecule has 4 N–H and O–H groups in total. The highest BCUT2D eigenvalue weighted by Crippen LogP contribution is 2.51. The number of ether oxygens (including phenoxy) is 1. The number of rotatable bonds is 8. The van der Waals surface area contributed by atoms with Gasteiger partial charge < -0.3 is 29.3 Å². The van der Waals surface area contributed by atoms with E-state index in [2.05, 4.69) is 14.0 Å². The summed E-state index contributed by atoms with van der Waals surface area (Å²) in [6.07, 6.45) is -5.22. The van der Waals surface area contributed by atoms with Crippen LogP contribution >= 0.6 is 16.1 Å². The molecule has 3 aromatic rings. The number of hydrogen-bond acceptors (Lipinski definition) is 11. The van der Waals surface area contributed by atoms with Crippen LogP contribution in [0.2, 0.25) is 0 Å².